The molecule has 0 radical (unpaired) electrons. The van der Waals surface area contributed by atoms with Gasteiger partial charge in [-0.1, -0.05) is 12.1 Å². The summed E-state index contributed by atoms with van der Waals surface area (Å²) in [6.45, 7) is 5.36. The molecule has 3 N–H and O–H groups in total. The first kappa shape index (κ1) is 20.4. The summed E-state index contributed by atoms with van der Waals surface area (Å²) in [5.74, 6) is 0. The molecule has 0 aliphatic carbocycles. The summed E-state index contributed by atoms with van der Waals surface area (Å²) in [4.78, 5) is 11.6. The summed E-state index contributed by atoms with van der Waals surface area (Å²) in [6.07, 6.45) is -1.67. The summed E-state index contributed by atoms with van der Waals surface area (Å²) in [5, 5.41) is 22.6. The number of aliphatic hydroxyl groups is 2. The van der Waals surface area contributed by atoms with Gasteiger partial charge in [0.05, 0.1) is 11.0 Å². The number of sulfone groups is 1. The van der Waals surface area contributed by atoms with Crippen molar-refractivity contribution >= 4 is 15.9 Å². The molecular weight excluding hydrogens is 334 g/mol. The van der Waals surface area contributed by atoms with Crippen LogP contribution in [0.25, 0.3) is 0 Å². The van der Waals surface area contributed by atoms with Crippen LogP contribution >= 0.6 is 0 Å². The first-order valence-electron chi connectivity index (χ1n) is 7.53. The van der Waals surface area contributed by atoms with Crippen LogP contribution in [0.2, 0.25) is 0 Å². The summed E-state index contributed by atoms with van der Waals surface area (Å²) >= 11 is 0. The van der Waals surface area contributed by atoms with Crippen LogP contribution in [0.5, 0.6) is 0 Å². The van der Waals surface area contributed by atoms with Gasteiger partial charge in [0, 0.05) is 12.8 Å². The third-order valence-electron chi connectivity index (χ3n) is 3.12. The van der Waals surface area contributed by atoms with E-state index in [-0.39, 0.29) is 17.9 Å². The Hall–Kier alpha value is -1.64. The molecule has 0 fully saturated rings. The van der Waals surface area contributed by atoms with E-state index in [1.807, 2.05) is 0 Å². The van der Waals surface area contributed by atoms with E-state index in [0.717, 1.165) is 6.26 Å². The van der Waals surface area contributed by atoms with Crippen molar-refractivity contribution < 1.29 is 28.2 Å². The largest absolute Gasteiger partial charge is 0.444 e. The van der Waals surface area contributed by atoms with Crippen molar-refractivity contribution in [2.45, 2.75) is 49.9 Å². The van der Waals surface area contributed by atoms with Crippen LogP contribution in [-0.4, -0.2) is 49.2 Å². The maximum Gasteiger partial charge on any atom is 0.407 e. The van der Waals surface area contributed by atoms with Crippen LogP contribution in [-0.2, 0) is 14.6 Å². The second-order valence-electron chi connectivity index (χ2n) is 6.57. The number of rotatable bonds is 6. The van der Waals surface area contributed by atoms with Crippen LogP contribution in [0, 0.1) is 0 Å². The molecule has 136 valence electrons. The Labute approximate surface area is 142 Å². The van der Waals surface area contributed by atoms with E-state index >= 15 is 0 Å². The lowest BCUT2D eigenvalue weighted by Crippen LogP contribution is -2.34. The van der Waals surface area contributed by atoms with Gasteiger partial charge >= 0.3 is 6.09 Å². The van der Waals surface area contributed by atoms with Gasteiger partial charge in [-0.2, -0.15) is 0 Å². The molecule has 8 heteroatoms. The first-order chi connectivity index (χ1) is 10.9. The number of aliphatic hydroxyl groups excluding tert-OH is 2. The lowest BCUT2D eigenvalue weighted by molar-refractivity contribution is 0.0123. The Morgan fingerprint density at radius 3 is 2.21 bits per heavy atom. The Morgan fingerprint density at radius 2 is 1.75 bits per heavy atom. The van der Waals surface area contributed by atoms with Crippen molar-refractivity contribution in [2.24, 2.45) is 0 Å². The zero-order chi connectivity index (χ0) is 18.5. The van der Waals surface area contributed by atoms with Gasteiger partial charge in [0.1, 0.15) is 11.7 Å². The van der Waals surface area contributed by atoms with Crippen molar-refractivity contribution in [1.29, 1.82) is 0 Å². The minimum atomic E-state index is -3.31. The quantitative estimate of drug-likeness (QED) is 0.708. The van der Waals surface area contributed by atoms with Gasteiger partial charge in [0.2, 0.25) is 0 Å². The van der Waals surface area contributed by atoms with Gasteiger partial charge in [0.15, 0.2) is 9.84 Å². The fraction of sp³-hybridized carbons (Fsp3) is 0.562. The number of ether oxygens (including phenoxy) is 1. The number of hydrogen-bond donors (Lipinski definition) is 3. The molecule has 2 atom stereocenters. The van der Waals surface area contributed by atoms with Gasteiger partial charge in [-0.3, -0.25) is 0 Å². The maximum absolute atomic E-state index is 11.5. The Morgan fingerprint density at radius 1 is 1.21 bits per heavy atom. The normalized spacial score (nSPS) is 14.8. The third-order valence-corrected chi connectivity index (χ3v) is 4.25. The lowest BCUT2D eigenvalue weighted by Gasteiger charge is -2.21. The molecule has 0 bridgehead atoms. The zero-order valence-corrected chi connectivity index (χ0v) is 15.1. The van der Waals surface area contributed by atoms with Crippen LogP contribution < -0.4 is 5.32 Å². The molecule has 1 rings (SSSR count). The first-order valence-corrected chi connectivity index (χ1v) is 9.42. The highest BCUT2D eigenvalue weighted by atomic mass is 32.2. The molecule has 7 nitrogen and oxygen atoms in total. The predicted molar refractivity (Wildman–Crippen MR) is 89.4 cm³/mol. The predicted octanol–water partition coefficient (Wildman–Crippen LogP) is 1.40. The highest BCUT2D eigenvalue weighted by Gasteiger charge is 2.20. The SMILES string of the molecule is CC(C)(C)OC(=O)NCCC(O)C(O)c1ccc(S(C)(=O)=O)cc1. The van der Waals surface area contributed by atoms with Crippen LogP contribution in [0.1, 0.15) is 38.9 Å². The number of carbonyl (C=O) groups excluding carboxylic acids is 1. The molecule has 0 aromatic heterocycles. The van der Waals surface area contributed by atoms with E-state index in [1.165, 1.54) is 24.3 Å². The Kier molecular flexibility index (Phi) is 6.76. The molecule has 0 heterocycles. The average Bonchev–Trinajstić information content (AvgIpc) is 2.43. The minimum absolute atomic E-state index is 0.119. The molecule has 0 aliphatic rings. The standard InChI is InChI=1S/C16H25NO6S/c1-16(2,3)23-15(20)17-10-9-13(18)14(19)11-5-7-12(8-6-11)24(4,21)22/h5-8,13-14,18-19H,9-10H2,1-4H3,(H,17,20). The molecule has 1 aromatic rings. The van der Waals surface area contributed by atoms with Gasteiger partial charge < -0.3 is 20.3 Å². The van der Waals surface area contributed by atoms with Crippen molar-refractivity contribution in [3.8, 4) is 0 Å². The fourth-order valence-electron chi connectivity index (χ4n) is 1.93. The number of benzene rings is 1. The van der Waals surface area contributed by atoms with E-state index < -0.39 is 33.7 Å². The van der Waals surface area contributed by atoms with E-state index in [0.29, 0.717) is 5.56 Å². The molecule has 1 aromatic carbocycles. The molecule has 0 spiro atoms. The maximum atomic E-state index is 11.5. The summed E-state index contributed by atoms with van der Waals surface area (Å²) < 4.78 is 27.8. The number of alkyl carbamates (subject to hydrolysis) is 1. The topological polar surface area (TPSA) is 113 Å². The van der Waals surface area contributed by atoms with Crippen LogP contribution in [0.4, 0.5) is 4.79 Å². The third kappa shape index (κ3) is 6.86. The molecule has 0 aliphatic heterocycles. The van der Waals surface area contributed by atoms with Crippen LogP contribution in [0.3, 0.4) is 0 Å². The molecule has 2 unspecified atom stereocenters. The number of hydrogen-bond acceptors (Lipinski definition) is 6. The van der Waals surface area contributed by atoms with Gasteiger partial charge in [-0.25, -0.2) is 13.2 Å². The van der Waals surface area contributed by atoms with E-state index in [4.69, 9.17) is 4.74 Å². The smallest absolute Gasteiger partial charge is 0.407 e. The van der Waals surface area contributed by atoms with E-state index in [2.05, 4.69) is 5.32 Å². The number of carbonyl (C=O) groups is 1. The highest BCUT2D eigenvalue weighted by Crippen LogP contribution is 2.20. The van der Waals surface area contributed by atoms with Gasteiger partial charge in [0.25, 0.3) is 0 Å². The second kappa shape index (κ2) is 7.96. The molecular formula is C16H25NO6S. The monoisotopic (exact) mass is 359 g/mol. The fourth-order valence-corrected chi connectivity index (χ4v) is 2.56. The van der Waals surface area contributed by atoms with Gasteiger partial charge in [-0.15, -0.1) is 0 Å². The zero-order valence-electron chi connectivity index (χ0n) is 14.3. The summed E-state index contributed by atoms with van der Waals surface area (Å²) in [6, 6.07) is 5.65. The Balaban J connectivity index is 2.53. The van der Waals surface area contributed by atoms with Crippen molar-refractivity contribution in [3.05, 3.63) is 29.8 Å². The van der Waals surface area contributed by atoms with E-state index in [9.17, 15) is 23.4 Å². The molecule has 0 saturated carbocycles. The highest BCUT2D eigenvalue weighted by molar-refractivity contribution is 7.90. The van der Waals surface area contributed by atoms with Crippen molar-refractivity contribution in [2.75, 3.05) is 12.8 Å². The second-order valence-corrected chi connectivity index (χ2v) is 8.59. The van der Waals surface area contributed by atoms with Crippen molar-refractivity contribution in [3.63, 3.8) is 0 Å². The van der Waals surface area contributed by atoms with E-state index in [1.54, 1.807) is 20.8 Å². The van der Waals surface area contributed by atoms with Crippen molar-refractivity contribution in [1.82, 2.24) is 5.32 Å². The average molecular weight is 359 g/mol. The van der Waals surface area contributed by atoms with Gasteiger partial charge in [-0.05, 0) is 44.9 Å². The number of amides is 1. The summed E-state index contributed by atoms with van der Waals surface area (Å²) in [7, 11) is -3.31. The lowest BCUT2D eigenvalue weighted by atomic mass is 10.0. The van der Waals surface area contributed by atoms with Crippen LogP contribution in [0.15, 0.2) is 29.2 Å². The Bertz CT molecular complexity index is 648. The molecule has 24 heavy (non-hydrogen) atoms. The summed E-state index contributed by atoms with van der Waals surface area (Å²) in [5.41, 5.74) is -0.212. The molecule has 0 saturated heterocycles. The minimum Gasteiger partial charge on any atom is -0.444 e. The number of nitrogens with one attached hydrogen (secondary N) is 1. The molecule has 1 amide bonds.